The van der Waals surface area contributed by atoms with Gasteiger partial charge in [0.1, 0.15) is 5.69 Å². The predicted octanol–water partition coefficient (Wildman–Crippen LogP) is 3.18. The van der Waals surface area contributed by atoms with Crippen LogP contribution < -0.4 is 0 Å². The van der Waals surface area contributed by atoms with Gasteiger partial charge in [0, 0.05) is 11.3 Å². The minimum Gasteiger partial charge on any atom is -0.287 e. The summed E-state index contributed by atoms with van der Waals surface area (Å²) in [6.45, 7) is 3.98. The molecule has 0 saturated heterocycles. The molecule has 0 aliphatic rings. The summed E-state index contributed by atoms with van der Waals surface area (Å²) in [4.78, 5) is 16.4. The zero-order valence-electron chi connectivity index (χ0n) is 10.1. The van der Waals surface area contributed by atoms with Gasteiger partial charge in [0.15, 0.2) is 0 Å². The van der Waals surface area contributed by atoms with E-state index in [9.17, 15) is 4.79 Å². The summed E-state index contributed by atoms with van der Waals surface area (Å²) in [5.74, 6) is -0.0173. The lowest BCUT2D eigenvalue weighted by Crippen LogP contribution is -2.04. The monoisotopic (exact) mass is 225 g/mol. The highest BCUT2D eigenvalue weighted by Gasteiger charge is 2.09. The molecule has 0 spiro atoms. The molecule has 0 fully saturated rings. The van der Waals surface area contributed by atoms with Gasteiger partial charge >= 0.3 is 0 Å². The summed E-state index contributed by atoms with van der Waals surface area (Å²) in [6.07, 6.45) is 0.983. The van der Waals surface area contributed by atoms with Gasteiger partial charge in [-0.1, -0.05) is 37.3 Å². The molecule has 1 heterocycles. The summed E-state index contributed by atoms with van der Waals surface area (Å²) < 4.78 is 0. The molecule has 0 bridgehead atoms. The number of nitrogens with zero attached hydrogens (tertiary/aromatic N) is 1. The van der Waals surface area contributed by atoms with Crippen molar-refractivity contribution in [2.24, 2.45) is 0 Å². The number of pyridine rings is 1. The number of benzene rings is 1. The molecule has 2 aromatic rings. The van der Waals surface area contributed by atoms with Crippen molar-refractivity contribution in [2.75, 3.05) is 0 Å². The molecule has 1 aromatic carbocycles. The first-order valence-corrected chi connectivity index (χ1v) is 5.78. The molecule has 0 unspecified atom stereocenters. The van der Waals surface area contributed by atoms with E-state index < -0.39 is 0 Å². The Morgan fingerprint density at radius 2 is 1.82 bits per heavy atom. The minimum atomic E-state index is -0.0173. The van der Waals surface area contributed by atoms with Gasteiger partial charge in [-0.2, -0.15) is 0 Å². The zero-order chi connectivity index (χ0) is 12.3. The molecule has 2 rings (SSSR count). The highest BCUT2D eigenvalue weighted by molar-refractivity contribution is 6.07. The molecule has 0 aliphatic carbocycles. The molecule has 0 atom stereocenters. The van der Waals surface area contributed by atoms with Crippen molar-refractivity contribution >= 4 is 5.78 Å². The third-order valence-electron chi connectivity index (χ3n) is 2.75. The van der Waals surface area contributed by atoms with Crippen molar-refractivity contribution < 1.29 is 4.79 Å². The third-order valence-corrected chi connectivity index (χ3v) is 2.75. The van der Waals surface area contributed by atoms with Crippen LogP contribution in [0, 0.1) is 6.92 Å². The average molecular weight is 225 g/mol. The second kappa shape index (κ2) is 4.91. The van der Waals surface area contributed by atoms with E-state index >= 15 is 0 Å². The molecule has 17 heavy (non-hydrogen) atoms. The Hall–Kier alpha value is -1.96. The Balaban J connectivity index is 2.30. The van der Waals surface area contributed by atoms with E-state index in [4.69, 9.17) is 0 Å². The van der Waals surface area contributed by atoms with Crippen LogP contribution in [0.2, 0.25) is 0 Å². The summed E-state index contributed by atoms with van der Waals surface area (Å²) in [5, 5.41) is 0. The number of aromatic nitrogens is 1. The number of hydrogen-bond acceptors (Lipinski definition) is 2. The van der Waals surface area contributed by atoms with E-state index in [0.717, 1.165) is 12.1 Å². The molecule has 0 saturated carbocycles. The SMILES string of the molecule is CCc1ccc(C(=O)c2cccc(C)n2)cc1. The second-order valence-electron chi connectivity index (χ2n) is 4.04. The maximum Gasteiger partial charge on any atom is 0.211 e. The third kappa shape index (κ3) is 2.59. The Kier molecular flexibility index (Phi) is 3.33. The molecule has 2 heteroatoms. The molecule has 0 radical (unpaired) electrons. The maximum atomic E-state index is 12.1. The number of hydrogen-bond donors (Lipinski definition) is 0. The molecule has 1 aromatic heterocycles. The second-order valence-corrected chi connectivity index (χ2v) is 4.04. The lowest BCUT2D eigenvalue weighted by Gasteiger charge is -2.02. The highest BCUT2D eigenvalue weighted by Crippen LogP contribution is 2.10. The lowest BCUT2D eigenvalue weighted by molar-refractivity contribution is 0.103. The van der Waals surface area contributed by atoms with E-state index in [0.29, 0.717) is 11.3 Å². The summed E-state index contributed by atoms with van der Waals surface area (Å²) in [7, 11) is 0. The molecule has 2 nitrogen and oxygen atoms in total. The van der Waals surface area contributed by atoms with Crippen LogP contribution in [0.25, 0.3) is 0 Å². The van der Waals surface area contributed by atoms with Crippen LogP contribution in [-0.4, -0.2) is 10.8 Å². The largest absolute Gasteiger partial charge is 0.287 e. The molecule has 0 aliphatic heterocycles. The van der Waals surface area contributed by atoms with Gasteiger partial charge in [-0.25, -0.2) is 4.98 Å². The fourth-order valence-electron chi connectivity index (χ4n) is 1.71. The van der Waals surface area contributed by atoms with Crippen molar-refractivity contribution in [1.29, 1.82) is 0 Å². The smallest absolute Gasteiger partial charge is 0.211 e. The van der Waals surface area contributed by atoms with E-state index in [-0.39, 0.29) is 5.78 Å². The number of carbonyl (C=O) groups excluding carboxylic acids is 1. The van der Waals surface area contributed by atoms with Crippen molar-refractivity contribution in [2.45, 2.75) is 20.3 Å². The van der Waals surface area contributed by atoms with Crippen LogP contribution in [0.4, 0.5) is 0 Å². The number of ketones is 1. The van der Waals surface area contributed by atoms with Crippen LogP contribution in [0.5, 0.6) is 0 Å². The standard InChI is InChI=1S/C15H15NO/c1-3-12-7-9-13(10-8-12)15(17)14-6-4-5-11(2)16-14/h4-10H,3H2,1-2H3. The highest BCUT2D eigenvalue weighted by atomic mass is 16.1. The fraction of sp³-hybridized carbons (Fsp3) is 0.200. The van der Waals surface area contributed by atoms with Gasteiger partial charge in [-0.05, 0) is 31.0 Å². The van der Waals surface area contributed by atoms with Gasteiger partial charge in [-0.15, -0.1) is 0 Å². The number of carbonyl (C=O) groups is 1. The van der Waals surface area contributed by atoms with Crippen LogP contribution in [0.3, 0.4) is 0 Å². The van der Waals surface area contributed by atoms with Crippen molar-refractivity contribution in [3.63, 3.8) is 0 Å². The minimum absolute atomic E-state index is 0.0173. The number of rotatable bonds is 3. The normalized spacial score (nSPS) is 10.2. The summed E-state index contributed by atoms with van der Waals surface area (Å²) in [5.41, 5.74) is 3.30. The summed E-state index contributed by atoms with van der Waals surface area (Å²) in [6, 6.07) is 13.2. The van der Waals surface area contributed by atoms with Gasteiger partial charge in [0.25, 0.3) is 0 Å². The Labute approximate surface area is 101 Å². The Bertz CT molecular complexity index is 529. The van der Waals surface area contributed by atoms with Crippen LogP contribution in [0.1, 0.15) is 34.2 Å². The number of aryl methyl sites for hydroxylation is 2. The maximum absolute atomic E-state index is 12.1. The van der Waals surface area contributed by atoms with Gasteiger partial charge in [0.05, 0.1) is 0 Å². The van der Waals surface area contributed by atoms with Crippen molar-refractivity contribution in [3.8, 4) is 0 Å². The fourth-order valence-corrected chi connectivity index (χ4v) is 1.71. The molecular weight excluding hydrogens is 210 g/mol. The van der Waals surface area contributed by atoms with E-state index in [1.807, 2.05) is 43.3 Å². The van der Waals surface area contributed by atoms with Crippen LogP contribution in [0.15, 0.2) is 42.5 Å². The first-order valence-electron chi connectivity index (χ1n) is 5.78. The van der Waals surface area contributed by atoms with E-state index in [1.165, 1.54) is 5.56 Å². The first-order chi connectivity index (χ1) is 8.20. The van der Waals surface area contributed by atoms with Crippen LogP contribution in [-0.2, 0) is 6.42 Å². The lowest BCUT2D eigenvalue weighted by atomic mass is 10.0. The average Bonchev–Trinajstić information content (AvgIpc) is 2.38. The van der Waals surface area contributed by atoms with E-state index in [2.05, 4.69) is 11.9 Å². The van der Waals surface area contributed by atoms with E-state index in [1.54, 1.807) is 6.07 Å². The van der Waals surface area contributed by atoms with Crippen molar-refractivity contribution in [3.05, 3.63) is 65.0 Å². The van der Waals surface area contributed by atoms with Crippen LogP contribution >= 0.6 is 0 Å². The molecule has 0 N–H and O–H groups in total. The Morgan fingerprint density at radius 3 is 2.41 bits per heavy atom. The van der Waals surface area contributed by atoms with Crippen molar-refractivity contribution in [1.82, 2.24) is 4.98 Å². The van der Waals surface area contributed by atoms with Gasteiger partial charge in [-0.3, -0.25) is 4.79 Å². The zero-order valence-corrected chi connectivity index (χ0v) is 10.1. The van der Waals surface area contributed by atoms with Gasteiger partial charge < -0.3 is 0 Å². The van der Waals surface area contributed by atoms with Gasteiger partial charge in [0.2, 0.25) is 5.78 Å². The Morgan fingerprint density at radius 1 is 1.12 bits per heavy atom. The molecular formula is C15H15NO. The topological polar surface area (TPSA) is 30.0 Å². The molecule has 86 valence electrons. The predicted molar refractivity (Wildman–Crippen MR) is 68.2 cm³/mol. The summed E-state index contributed by atoms with van der Waals surface area (Å²) >= 11 is 0. The quantitative estimate of drug-likeness (QED) is 0.751. The molecule has 0 amide bonds. The first kappa shape index (κ1) is 11.5.